The first-order valence-corrected chi connectivity index (χ1v) is 8.61. The summed E-state index contributed by atoms with van der Waals surface area (Å²) in [4.78, 5) is 13.9. The minimum Gasteiger partial charge on any atom is -0.360 e. The highest BCUT2D eigenvalue weighted by Gasteiger charge is 2.17. The van der Waals surface area contributed by atoms with Crippen LogP contribution in [0.25, 0.3) is 0 Å². The Morgan fingerprint density at radius 3 is 2.70 bits per heavy atom. The van der Waals surface area contributed by atoms with Crippen LogP contribution in [0.5, 0.6) is 0 Å². The topological polar surface area (TPSA) is 58.1 Å². The van der Waals surface area contributed by atoms with Crippen molar-refractivity contribution >= 4 is 22.4 Å². The van der Waals surface area contributed by atoms with E-state index in [0.29, 0.717) is 19.4 Å². The number of hydrogen-bond acceptors (Lipinski definition) is 5. The molecule has 5 nitrogen and oxygen atoms in total. The van der Waals surface area contributed by atoms with Crippen LogP contribution >= 0.6 is 11.3 Å². The van der Waals surface area contributed by atoms with E-state index < -0.39 is 0 Å². The summed E-state index contributed by atoms with van der Waals surface area (Å²) in [6, 6.07) is 6.39. The number of carbonyl (C=O) groups excluding carboxylic acids is 1. The SMILES string of the molecule is O=C(CCNc1nnc(Cc2ccc(F)cc2)s1)N1CCCC1. The number of carbonyl (C=O) groups is 1. The molecule has 0 unspecified atom stereocenters. The van der Waals surface area contributed by atoms with E-state index in [1.54, 1.807) is 12.1 Å². The molecule has 0 atom stereocenters. The Morgan fingerprint density at radius 2 is 1.96 bits per heavy atom. The van der Waals surface area contributed by atoms with E-state index in [9.17, 15) is 9.18 Å². The first-order chi connectivity index (χ1) is 11.2. The first kappa shape index (κ1) is 15.9. The van der Waals surface area contributed by atoms with Gasteiger partial charge < -0.3 is 10.2 Å². The Balaban J connectivity index is 1.45. The predicted molar refractivity (Wildman–Crippen MR) is 88.0 cm³/mol. The van der Waals surface area contributed by atoms with E-state index in [-0.39, 0.29) is 11.7 Å². The van der Waals surface area contributed by atoms with Gasteiger partial charge in [0, 0.05) is 32.5 Å². The van der Waals surface area contributed by atoms with E-state index in [2.05, 4.69) is 15.5 Å². The number of amides is 1. The van der Waals surface area contributed by atoms with Crippen LogP contribution in [0.2, 0.25) is 0 Å². The number of nitrogens with zero attached hydrogens (tertiary/aromatic N) is 3. The molecule has 7 heteroatoms. The third-order valence-electron chi connectivity index (χ3n) is 3.81. The van der Waals surface area contributed by atoms with Crippen molar-refractivity contribution in [2.45, 2.75) is 25.7 Å². The molecule has 0 aliphatic carbocycles. The molecular weight excluding hydrogens is 315 g/mol. The molecule has 1 aromatic heterocycles. The Morgan fingerprint density at radius 1 is 1.22 bits per heavy atom. The van der Waals surface area contributed by atoms with E-state index in [4.69, 9.17) is 0 Å². The van der Waals surface area contributed by atoms with Gasteiger partial charge in [0.1, 0.15) is 10.8 Å². The van der Waals surface area contributed by atoms with Crippen molar-refractivity contribution < 1.29 is 9.18 Å². The fraction of sp³-hybridized carbons (Fsp3) is 0.438. The van der Waals surface area contributed by atoms with Gasteiger partial charge in [0.25, 0.3) is 0 Å². The summed E-state index contributed by atoms with van der Waals surface area (Å²) < 4.78 is 12.9. The van der Waals surface area contributed by atoms with Crippen molar-refractivity contribution in [2.75, 3.05) is 25.0 Å². The average molecular weight is 334 g/mol. The Bertz CT molecular complexity index is 652. The number of rotatable bonds is 6. The molecule has 0 bridgehead atoms. The van der Waals surface area contributed by atoms with Gasteiger partial charge in [0.05, 0.1) is 0 Å². The van der Waals surface area contributed by atoms with Gasteiger partial charge in [-0.15, -0.1) is 10.2 Å². The number of nitrogens with one attached hydrogen (secondary N) is 1. The largest absolute Gasteiger partial charge is 0.360 e. The summed E-state index contributed by atoms with van der Waals surface area (Å²) in [6.07, 6.45) is 3.34. The Labute approximate surface area is 138 Å². The lowest BCUT2D eigenvalue weighted by atomic mass is 10.2. The summed E-state index contributed by atoms with van der Waals surface area (Å²) in [7, 11) is 0. The van der Waals surface area contributed by atoms with Crippen LogP contribution in [0.1, 0.15) is 29.8 Å². The highest BCUT2D eigenvalue weighted by Crippen LogP contribution is 2.19. The molecule has 23 heavy (non-hydrogen) atoms. The third-order valence-corrected chi connectivity index (χ3v) is 4.69. The molecular formula is C16H19FN4OS. The van der Waals surface area contributed by atoms with Gasteiger partial charge in [-0.3, -0.25) is 4.79 Å². The van der Waals surface area contributed by atoms with Gasteiger partial charge in [-0.25, -0.2) is 4.39 Å². The van der Waals surface area contributed by atoms with Gasteiger partial charge in [-0.2, -0.15) is 0 Å². The lowest BCUT2D eigenvalue weighted by Gasteiger charge is -2.14. The fourth-order valence-electron chi connectivity index (χ4n) is 2.57. The smallest absolute Gasteiger partial charge is 0.224 e. The van der Waals surface area contributed by atoms with Crippen LogP contribution in [0.3, 0.4) is 0 Å². The van der Waals surface area contributed by atoms with Crippen molar-refractivity contribution in [1.82, 2.24) is 15.1 Å². The molecule has 0 spiro atoms. The Hall–Kier alpha value is -2.02. The molecule has 1 saturated heterocycles. The summed E-state index contributed by atoms with van der Waals surface area (Å²) in [5.74, 6) is -0.0397. The number of anilines is 1. The van der Waals surface area contributed by atoms with Crippen LogP contribution in [0, 0.1) is 5.82 Å². The maximum Gasteiger partial charge on any atom is 0.224 e. The molecule has 1 aliphatic rings. The van der Waals surface area contributed by atoms with Gasteiger partial charge >= 0.3 is 0 Å². The molecule has 1 fully saturated rings. The zero-order chi connectivity index (χ0) is 16.1. The van der Waals surface area contributed by atoms with E-state index in [1.807, 2.05) is 4.90 Å². The summed E-state index contributed by atoms with van der Waals surface area (Å²) in [5.41, 5.74) is 0.998. The Kier molecular flexibility index (Phi) is 5.17. The normalized spacial score (nSPS) is 14.2. The zero-order valence-corrected chi connectivity index (χ0v) is 13.6. The average Bonchev–Trinajstić information content (AvgIpc) is 3.21. The standard InChI is InChI=1S/C16H19FN4OS/c17-13-5-3-12(4-6-13)11-14-19-20-16(23-14)18-8-7-15(22)21-9-1-2-10-21/h3-6H,1-2,7-11H2,(H,18,20). The minimum atomic E-state index is -0.240. The molecule has 1 amide bonds. The lowest BCUT2D eigenvalue weighted by Crippen LogP contribution is -2.29. The maximum absolute atomic E-state index is 12.9. The second-order valence-corrected chi connectivity index (χ2v) is 6.63. The number of aromatic nitrogens is 2. The van der Waals surface area contributed by atoms with Crippen LogP contribution in [-0.4, -0.2) is 40.6 Å². The van der Waals surface area contributed by atoms with Crippen LogP contribution < -0.4 is 5.32 Å². The molecule has 1 aliphatic heterocycles. The second-order valence-electron chi connectivity index (χ2n) is 5.57. The molecule has 0 saturated carbocycles. The molecule has 0 radical (unpaired) electrons. The van der Waals surface area contributed by atoms with Crippen molar-refractivity contribution in [2.24, 2.45) is 0 Å². The van der Waals surface area contributed by atoms with Gasteiger partial charge in [0.2, 0.25) is 11.0 Å². The van der Waals surface area contributed by atoms with Crippen molar-refractivity contribution in [3.05, 3.63) is 40.7 Å². The number of benzene rings is 1. The predicted octanol–water partition coefficient (Wildman–Crippen LogP) is 2.69. The van der Waals surface area contributed by atoms with Crippen molar-refractivity contribution in [3.8, 4) is 0 Å². The molecule has 1 N–H and O–H groups in total. The number of likely N-dealkylation sites (tertiary alicyclic amines) is 1. The molecule has 2 heterocycles. The number of halogens is 1. The highest BCUT2D eigenvalue weighted by atomic mass is 32.1. The molecule has 1 aromatic carbocycles. The first-order valence-electron chi connectivity index (χ1n) is 7.79. The zero-order valence-electron chi connectivity index (χ0n) is 12.8. The monoisotopic (exact) mass is 334 g/mol. The van der Waals surface area contributed by atoms with Gasteiger partial charge in [-0.1, -0.05) is 23.5 Å². The van der Waals surface area contributed by atoms with Gasteiger partial charge in [0.15, 0.2) is 0 Å². The summed E-state index contributed by atoms with van der Waals surface area (Å²) in [6.45, 7) is 2.35. The second kappa shape index (κ2) is 7.50. The number of hydrogen-bond donors (Lipinski definition) is 1. The third kappa shape index (κ3) is 4.48. The molecule has 122 valence electrons. The van der Waals surface area contributed by atoms with Crippen molar-refractivity contribution in [1.29, 1.82) is 0 Å². The quantitative estimate of drug-likeness (QED) is 0.882. The van der Waals surface area contributed by atoms with Crippen LogP contribution in [0.15, 0.2) is 24.3 Å². The van der Waals surface area contributed by atoms with E-state index in [1.165, 1.54) is 23.5 Å². The van der Waals surface area contributed by atoms with Gasteiger partial charge in [-0.05, 0) is 30.5 Å². The van der Waals surface area contributed by atoms with E-state index >= 15 is 0 Å². The lowest BCUT2D eigenvalue weighted by molar-refractivity contribution is -0.129. The fourth-order valence-corrected chi connectivity index (χ4v) is 3.37. The van der Waals surface area contributed by atoms with Crippen molar-refractivity contribution in [3.63, 3.8) is 0 Å². The molecule has 3 rings (SSSR count). The van der Waals surface area contributed by atoms with E-state index in [0.717, 1.165) is 41.6 Å². The molecule has 2 aromatic rings. The van der Waals surface area contributed by atoms with Crippen LogP contribution in [0.4, 0.5) is 9.52 Å². The maximum atomic E-state index is 12.9. The van der Waals surface area contributed by atoms with Crippen LogP contribution in [-0.2, 0) is 11.2 Å². The minimum absolute atomic E-state index is 0.200. The summed E-state index contributed by atoms with van der Waals surface area (Å²) in [5, 5.41) is 12.9. The highest BCUT2D eigenvalue weighted by molar-refractivity contribution is 7.15. The summed E-state index contributed by atoms with van der Waals surface area (Å²) >= 11 is 1.46.